The van der Waals surface area contributed by atoms with Crippen molar-refractivity contribution >= 4 is 29.6 Å². The van der Waals surface area contributed by atoms with Crippen LogP contribution in [0.1, 0.15) is 50.8 Å². The number of H-pyrrole nitrogens is 1. The summed E-state index contributed by atoms with van der Waals surface area (Å²) in [7, 11) is -4.13. The zero-order chi connectivity index (χ0) is 27.3. The lowest BCUT2D eigenvalue weighted by Gasteiger charge is -2.26. The molecule has 1 aliphatic heterocycles. The summed E-state index contributed by atoms with van der Waals surface area (Å²) in [5.74, 6) is -0.306. The van der Waals surface area contributed by atoms with E-state index >= 15 is 0 Å². The van der Waals surface area contributed by atoms with Crippen LogP contribution in [0.25, 0.3) is 0 Å². The number of aromatic amines is 1. The predicted octanol–water partition coefficient (Wildman–Crippen LogP) is 3.54. The van der Waals surface area contributed by atoms with Gasteiger partial charge >= 0.3 is 19.4 Å². The third-order valence-electron chi connectivity index (χ3n) is 6.15. The summed E-state index contributed by atoms with van der Waals surface area (Å²) in [6.45, 7) is 2.75. The molecule has 2 heterocycles. The Kier molecular flexibility index (Phi) is 9.61. The SMILES string of the molecule is Cc1cn([C@H]2CO[C@@H](COP(=O)(NC(C)C(=O)OC3CCCCC3)Oc3ccc(Br)cc3)O2)c(=O)[nH]c1=O. The van der Waals surface area contributed by atoms with Gasteiger partial charge in [-0.25, -0.2) is 9.36 Å². The summed E-state index contributed by atoms with van der Waals surface area (Å²) in [6, 6.07) is 5.61. The molecule has 0 radical (unpaired) electrons. The highest BCUT2D eigenvalue weighted by Crippen LogP contribution is 2.45. The minimum absolute atomic E-state index is 0.00513. The summed E-state index contributed by atoms with van der Waals surface area (Å²) in [4.78, 5) is 38.7. The zero-order valence-electron chi connectivity index (χ0n) is 21.1. The van der Waals surface area contributed by atoms with Gasteiger partial charge in [-0.3, -0.25) is 23.7 Å². The van der Waals surface area contributed by atoms with Crippen LogP contribution in [0.2, 0.25) is 0 Å². The first-order chi connectivity index (χ1) is 18.1. The van der Waals surface area contributed by atoms with Crippen LogP contribution in [-0.4, -0.2) is 47.2 Å². The van der Waals surface area contributed by atoms with Gasteiger partial charge in [0.1, 0.15) is 24.5 Å². The van der Waals surface area contributed by atoms with Gasteiger partial charge < -0.3 is 18.7 Å². The Hall–Kier alpha value is -2.28. The van der Waals surface area contributed by atoms with E-state index in [2.05, 4.69) is 26.0 Å². The topological polar surface area (TPSA) is 147 Å². The predicted molar refractivity (Wildman–Crippen MR) is 140 cm³/mol. The molecule has 14 heteroatoms. The molecule has 38 heavy (non-hydrogen) atoms. The highest BCUT2D eigenvalue weighted by molar-refractivity contribution is 9.10. The maximum absolute atomic E-state index is 13.7. The van der Waals surface area contributed by atoms with Crippen molar-refractivity contribution < 1.29 is 32.6 Å². The van der Waals surface area contributed by atoms with Crippen LogP contribution in [0, 0.1) is 6.92 Å². The molecule has 1 aromatic carbocycles. The van der Waals surface area contributed by atoms with Crippen LogP contribution in [-0.2, 0) is 28.1 Å². The number of esters is 1. The highest BCUT2D eigenvalue weighted by atomic mass is 79.9. The standard InChI is InChI=1S/C24H31BrN3O9P/c1-15-12-28(24(31)26-22(15)29)20-13-33-21(36-20)14-34-38(32,37-19-10-8-17(25)9-11-19)27-16(2)23(30)35-18-6-4-3-5-7-18/h8-12,16,18,20-21H,3-7,13-14H2,1-2H3,(H,27,32)(H,26,29,31)/t16?,20-,21-,38?/m1/s1. The second-order valence-corrected chi connectivity index (χ2v) is 11.8. The minimum atomic E-state index is -4.13. The Labute approximate surface area is 227 Å². The fraction of sp³-hybridized carbons (Fsp3) is 0.542. The number of halogens is 1. The van der Waals surface area contributed by atoms with Crippen LogP contribution < -0.4 is 20.9 Å². The summed E-state index contributed by atoms with van der Waals surface area (Å²) >= 11 is 3.34. The van der Waals surface area contributed by atoms with Crippen LogP contribution in [0.4, 0.5) is 0 Å². The van der Waals surface area contributed by atoms with Gasteiger partial charge in [-0.05, 0) is 63.8 Å². The molecule has 1 saturated heterocycles. The van der Waals surface area contributed by atoms with Gasteiger partial charge in [0.15, 0.2) is 12.5 Å². The Morgan fingerprint density at radius 3 is 2.66 bits per heavy atom. The molecule has 2 aromatic rings. The molecule has 0 amide bonds. The number of hydrogen-bond donors (Lipinski definition) is 2. The molecule has 0 spiro atoms. The summed E-state index contributed by atoms with van der Waals surface area (Å²) < 4.78 is 43.9. The Morgan fingerprint density at radius 2 is 1.95 bits per heavy atom. The number of nitrogens with one attached hydrogen (secondary N) is 2. The number of aryl methyl sites for hydroxylation is 1. The lowest BCUT2D eigenvalue weighted by molar-refractivity contribution is -0.152. The van der Waals surface area contributed by atoms with Crippen molar-refractivity contribution in [2.24, 2.45) is 0 Å². The Bertz CT molecular complexity index is 1280. The first kappa shape index (κ1) is 28.7. The van der Waals surface area contributed by atoms with Crippen molar-refractivity contribution in [1.82, 2.24) is 14.6 Å². The zero-order valence-corrected chi connectivity index (χ0v) is 23.6. The van der Waals surface area contributed by atoms with Gasteiger partial charge in [-0.1, -0.05) is 22.4 Å². The monoisotopic (exact) mass is 615 g/mol. The van der Waals surface area contributed by atoms with Gasteiger partial charge in [-0.2, -0.15) is 5.09 Å². The molecule has 4 rings (SSSR count). The lowest BCUT2D eigenvalue weighted by Crippen LogP contribution is -2.38. The largest absolute Gasteiger partial charge is 0.461 e. The van der Waals surface area contributed by atoms with Crippen LogP contribution >= 0.6 is 23.7 Å². The number of benzene rings is 1. The number of nitrogens with zero attached hydrogens (tertiary/aromatic N) is 1. The average Bonchev–Trinajstić information content (AvgIpc) is 3.36. The number of aromatic nitrogens is 2. The maximum Gasteiger partial charge on any atom is 0.459 e. The molecule has 208 valence electrons. The van der Waals surface area contributed by atoms with Gasteiger partial charge in [0, 0.05) is 16.2 Å². The van der Waals surface area contributed by atoms with E-state index in [1.165, 1.54) is 17.7 Å². The number of carbonyl (C=O) groups is 1. The molecule has 4 atom stereocenters. The van der Waals surface area contributed by atoms with Gasteiger partial charge in [0.2, 0.25) is 0 Å². The van der Waals surface area contributed by atoms with Gasteiger partial charge in [0.05, 0.1) is 6.61 Å². The minimum Gasteiger partial charge on any atom is -0.461 e. The fourth-order valence-electron chi connectivity index (χ4n) is 4.10. The van der Waals surface area contributed by atoms with Crippen molar-refractivity contribution in [3.8, 4) is 5.75 Å². The summed E-state index contributed by atoms with van der Waals surface area (Å²) in [5.41, 5.74) is -0.802. The highest BCUT2D eigenvalue weighted by Gasteiger charge is 2.36. The molecule has 12 nitrogen and oxygen atoms in total. The van der Waals surface area contributed by atoms with Crippen LogP contribution in [0.15, 0.2) is 44.5 Å². The second-order valence-electron chi connectivity index (χ2n) is 9.22. The first-order valence-electron chi connectivity index (χ1n) is 12.4. The van der Waals surface area contributed by atoms with E-state index in [-0.39, 0.29) is 25.1 Å². The van der Waals surface area contributed by atoms with E-state index in [1.807, 2.05) is 0 Å². The molecule has 1 aromatic heterocycles. The normalized spacial score (nSPS) is 22.5. The first-order valence-corrected chi connectivity index (χ1v) is 14.7. The van der Waals surface area contributed by atoms with Crippen LogP contribution in [0.5, 0.6) is 5.75 Å². The van der Waals surface area contributed by atoms with Crippen molar-refractivity contribution in [2.45, 2.75) is 70.6 Å². The second kappa shape index (κ2) is 12.7. The molecule has 0 bridgehead atoms. The molecule has 1 saturated carbocycles. The van der Waals surface area contributed by atoms with Gasteiger partial charge in [-0.15, -0.1) is 0 Å². The number of rotatable bonds is 10. The van der Waals surface area contributed by atoms with Crippen molar-refractivity contribution in [2.75, 3.05) is 13.2 Å². The molecule has 2 aliphatic rings. The fourth-order valence-corrected chi connectivity index (χ4v) is 5.84. The van der Waals surface area contributed by atoms with Crippen LogP contribution in [0.3, 0.4) is 0 Å². The number of hydrogen-bond acceptors (Lipinski definition) is 9. The molecular weight excluding hydrogens is 585 g/mol. The molecule has 1 aliphatic carbocycles. The third-order valence-corrected chi connectivity index (χ3v) is 8.32. The van der Waals surface area contributed by atoms with E-state index in [9.17, 15) is 18.9 Å². The van der Waals surface area contributed by atoms with E-state index in [4.69, 9.17) is 23.3 Å². The molecule has 2 N–H and O–H groups in total. The third kappa shape index (κ3) is 7.64. The van der Waals surface area contributed by atoms with E-state index < -0.39 is 43.5 Å². The Balaban J connectivity index is 1.41. The van der Waals surface area contributed by atoms with E-state index in [0.717, 1.165) is 36.6 Å². The maximum atomic E-state index is 13.7. The van der Waals surface area contributed by atoms with E-state index in [0.29, 0.717) is 5.56 Å². The van der Waals surface area contributed by atoms with Crippen molar-refractivity contribution in [3.05, 3.63) is 61.3 Å². The molecule has 2 fully saturated rings. The van der Waals surface area contributed by atoms with Gasteiger partial charge in [0.25, 0.3) is 5.56 Å². The van der Waals surface area contributed by atoms with Crippen molar-refractivity contribution in [3.63, 3.8) is 0 Å². The lowest BCUT2D eigenvalue weighted by atomic mass is 9.98. The number of carbonyl (C=O) groups excluding carboxylic acids is 1. The quantitative estimate of drug-likeness (QED) is 0.300. The Morgan fingerprint density at radius 1 is 1.24 bits per heavy atom. The molecular formula is C24H31BrN3O9P. The summed E-state index contributed by atoms with van der Waals surface area (Å²) in [6.07, 6.45) is 4.13. The number of ether oxygens (including phenoxy) is 3. The summed E-state index contributed by atoms with van der Waals surface area (Å²) in [5, 5.41) is 2.65. The smallest absolute Gasteiger partial charge is 0.459 e. The molecule has 2 unspecified atom stereocenters. The average molecular weight is 616 g/mol. The van der Waals surface area contributed by atoms with Crippen molar-refractivity contribution in [1.29, 1.82) is 0 Å². The van der Waals surface area contributed by atoms with E-state index in [1.54, 1.807) is 31.2 Å².